The van der Waals surface area contributed by atoms with E-state index in [9.17, 15) is 19.8 Å². The molecule has 1 heterocycles. The highest BCUT2D eigenvalue weighted by Crippen LogP contribution is 2.22. The summed E-state index contributed by atoms with van der Waals surface area (Å²) >= 11 is 0. The number of piperidine rings is 1. The molecule has 1 saturated heterocycles. The maximum Gasteiger partial charge on any atom is 0.223 e. The van der Waals surface area contributed by atoms with Crippen molar-refractivity contribution in [2.75, 3.05) is 20.2 Å². The largest absolute Gasteiger partial charge is 0.497 e. The molecule has 1 fully saturated rings. The summed E-state index contributed by atoms with van der Waals surface area (Å²) < 4.78 is 5.04. The number of methoxy groups -OCH3 is 1. The van der Waals surface area contributed by atoms with E-state index in [0.29, 0.717) is 24.3 Å². The highest BCUT2D eigenvalue weighted by Gasteiger charge is 2.37. The van der Waals surface area contributed by atoms with Gasteiger partial charge in [0.05, 0.1) is 18.8 Å². The Bertz CT molecular complexity index is 567. The van der Waals surface area contributed by atoms with Gasteiger partial charge in [0.25, 0.3) is 0 Å². The number of benzene rings is 1. The number of aliphatic hydroxyl groups is 2. The molecule has 0 saturated carbocycles. The maximum absolute atomic E-state index is 12.2. The first-order valence-corrected chi connectivity index (χ1v) is 7.69. The van der Waals surface area contributed by atoms with E-state index in [-0.39, 0.29) is 31.1 Å². The quantitative estimate of drug-likeness (QED) is 0.790. The SMILES string of the molecule is COc1ccc(C(=O)CCC(=O)N2CC[C@](C)(O)[C@@H](O)C2)cc1. The molecule has 0 spiro atoms. The molecule has 1 aromatic rings. The van der Waals surface area contributed by atoms with Crippen LogP contribution in [0.15, 0.2) is 24.3 Å². The van der Waals surface area contributed by atoms with Crippen molar-refractivity contribution < 1.29 is 24.5 Å². The van der Waals surface area contributed by atoms with E-state index in [1.165, 1.54) is 4.90 Å². The fraction of sp³-hybridized carbons (Fsp3) is 0.529. The summed E-state index contributed by atoms with van der Waals surface area (Å²) in [6.07, 6.45) is -0.419. The predicted octanol–water partition coefficient (Wildman–Crippen LogP) is 1.00. The van der Waals surface area contributed by atoms with E-state index in [2.05, 4.69) is 0 Å². The highest BCUT2D eigenvalue weighted by molar-refractivity contribution is 5.98. The van der Waals surface area contributed by atoms with Gasteiger partial charge in [-0.2, -0.15) is 0 Å². The van der Waals surface area contributed by atoms with Crippen LogP contribution in [-0.2, 0) is 4.79 Å². The van der Waals surface area contributed by atoms with Crippen molar-refractivity contribution in [1.29, 1.82) is 0 Å². The number of rotatable bonds is 5. The van der Waals surface area contributed by atoms with Gasteiger partial charge in [-0.05, 0) is 37.6 Å². The van der Waals surface area contributed by atoms with Crippen LogP contribution in [-0.4, -0.2) is 58.7 Å². The van der Waals surface area contributed by atoms with Crippen LogP contribution in [0, 0.1) is 0 Å². The van der Waals surface area contributed by atoms with Crippen LogP contribution in [0.2, 0.25) is 0 Å². The number of likely N-dealkylation sites (tertiary alicyclic amines) is 1. The second-order valence-corrected chi connectivity index (χ2v) is 6.11. The molecule has 0 radical (unpaired) electrons. The van der Waals surface area contributed by atoms with Crippen molar-refractivity contribution in [3.63, 3.8) is 0 Å². The van der Waals surface area contributed by atoms with Gasteiger partial charge >= 0.3 is 0 Å². The van der Waals surface area contributed by atoms with E-state index in [0.717, 1.165) is 0 Å². The second-order valence-electron chi connectivity index (χ2n) is 6.11. The summed E-state index contributed by atoms with van der Waals surface area (Å²) in [5, 5.41) is 19.7. The number of nitrogens with zero attached hydrogens (tertiary/aromatic N) is 1. The molecule has 0 bridgehead atoms. The first-order chi connectivity index (χ1) is 10.8. The van der Waals surface area contributed by atoms with Crippen LogP contribution in [0.1, 0.15) is 36.5 Å². The van der Waals surface area contributed by atoms with Crippen LogP contribution in [0.25, 0.3) is 0 Å². The van der Waals surface area contributed by atoms with Gasteiger partial charge < -0.3 is 19.8 Å². The molecule has 0 aromatic heterocycles. The predicted molar refractivity (Wildman–Crippen MR) is 84.4 cm³/mol. The summed E-state index contributed by atoms with van der Waals surface area (Å²) in [6.45, 7) is 2.05. The van der Waals surface area contributed by atoms with Crippen LogP contribution in [0.5, 0.6) is 5.75 Å². The lowest BCUT2D eigenvalue weighted by atomic mass is 9.90. The number of ether oxygens (including phenoxy) is 1. The van der Waals surface area contributed by atoms with Crippen molar-refractivity contribution in [2.45, 2.75) is 37.9 Å². The molecule has 23 heavy (non-hydrogen) atoms. The molecule has 2 rings (SSSR count). The molecule has 126 valence electrons. The molecule has 1 aliphatic heterocycles. The summed E-state index contributed by atoms with van der Waals surface area (Å²) in [5.74, 6) is 0.388. The Morgan fingerprint density at radius 2 is 1.96 bits per heavy atom. The summed E-state index contributed by atoms with van der Waals surface area (Å²) in [7, 11) is 1.56. The van der Waals surface area contributed by atoms with Crippen LogP contribution in [0.4, 0.5) is 0 Å². The van der Waals surface area contributed by atoms with Crippen LogP contribution < -0.4 is 4.74 Å². The maximum atomic E-state index is 12.2. The van der Waals surface area contributed by atoms with E-state index < -0.39 is 11.7 Å². The van der Waals surface area contributed by atoms with Crippen molar-refractivity contribution in [2.24, 2.45) is 0 Å². The summed E-state index contributed by atoms with van der Waals surface area (Å²) in [5.41, 5.74) is -0.615. The Hall–Kier alpha value is -1.92. The summed E-state index contributed by atoms with van der Waals surface area (Å²) in [4.78, 5) is 25.8. The van der Waals surface area contributed by atoms with Gasteiger partial charge in [-0.15, -0.1) is 0 Å². The minimum Gasteiger partial charge on any atom is -0.497 e. The third-order valence-corrected chi connectivity index (χ3v) is 4.33. The number of β-amino-alcohol motifs (C(OH)–C–C–N with tert-alkyl or cyclic N) is 1. The molecule has 6 heteroatoms. The minimum absolute atomic E-state index is 0.0969. The number of carbonyl (C=O) groups excluding carboxylic acids is 2. The molecular formula is C17H23NO5. The lowest BCUT2D eigenvalue weighted by molar-refractivity contribution is -0.146. The Morgan fingerprint density at radius 3 is 2.52 bits per heavy atom. The first kappa shape index (κ1) is 17.4. The molecule has 2 atom stereocenters. The van der Waals surface area contributed by atoms with Crippen LogP contribution >= 0.6 is 0 Å². The lowest BCUT2D eigenvalue weighted by Crippen LogP contribution is -2.55. The van der Waals surface area contributed by atoms with E-state index in [4.69, 9.17) is 4.74 Å². The number of carbonyl (C=O) groups is 2. The van der Waals surface area contributed by atoms with Gasteiger partial charge in [-0.1, -0.05) is 0 Å². The zero-order valence-corrected chi connectivity index (χ0v) is 13.5. The Kier molecular flexibility index (Phi) is 5.38. The fourth-order valence-electron chi connectivity index (χ4n) is 2.55. The lowest BCUT2D eigenvalue weighted by Gasteiger charge is -2.39. The normalized spacial score (nSPS) is 24.3. The fourth-order valence-corrected chi connectivity index (χ4v) is 2.55. The zero-order valence-electron chi connectivity index (χ0n) is 13.5. The van der Waals surface area contributed by atoms with Crippen molar-refractivity contribution in [3.05, 3.63) is 29.8 Å². The van der Waals surface area contributed by atoms with Crippen molar-refractivity contribution in [3.8, 4) is 5.75 Å². The Morgan fingerprint density at radius 1 is 1.30 bits per heavy atom. The van der Waals surface area contributed by atoms with Gasteiger partial charge in [-0.3, -0.25) is 9.59 Å². The van der Waals surface area contributed by atoms with E-state index in [1.54, 1.807) is 38.3 Å². The van der Waals surface area contributed by atoms with Crippen LogP contribution in [0.3, 0.4) is 0 Å². The standard InChI is InChI=1S/C17H23NO5/c1-17(22)9-10-18(11-15(17)20)16(21)8-7-14(19)12-3-5-13(23-2)6-4-12/h3-6,15,20,22H,7-11H2,1-2H3/t15-,17-/m0/s1. The number of amides is 1. The average Bonchev–Trinajstić information content (AvgIpc) is 2.55. The number of aliphatic hydroxyl groups excluding tert-OH is 1. The van der Waals surface area contributed by atoms with Gasteiger partial charge in [0, 0.05) is 31.5 Å². The van der Waals surface area contributed by atoms with E-state index >= 15 is 0 Å². The highest BCUT2D eigenvalue weighted by atomic mass is 16.5. The number of hydrogen-bond donors (Lipinski definition) is 2. The van der Waals surface area contributed by atoms with Crippen molar-refractivity contribution >= 4 is 11.7 Å². The van der Waals surface area contributed by atoms with Gasteiger partial charge in [0.2, 0.25) is 5.91 Å². The first-order valence-electron chi connectivity index (χ1n) is 7.69. The smallest absolute Gasteiger partial charge is 0.223 e. The third-order valence-electron chi connectivity index (χ3n) is 4.33. The van der Waals surface area contributed by atoms with Gasteiger partial charge in [0.15, 0.2) is 5.78 Å². The zero-order chi connectivity index (χ0) is 17.0. The van der Waals surface area contributed by atoms with Gasteiger partial charge in [-0.25, -0.2) is 0 Å². The monoisotopic (exact) mass is 321 g/mol. The Balaban J connectivity index is 1.85. The Labute approximate surface area is 135 Å². The molecule has 0 unspecified atom stereocenters. The topological polar surface area (TPSA) is 87.1 Å². The van der Waals surface area contributed by atoms with Gasteiger partial charge in [0.1, 0.15) is 5.75 Å². The molecular weight excluding hydrogens is 298 g/mol. The third kappa shape index (κ3) is 4.30. The molecule has 6 nitrogen and oxygen atoms in total. The summed E-state index contributed by atoms with van der Waals surface area (Å²) in [6, 6.07) is 6.76. The minimum atomic E-state index is -1.16. The molecule has 1 amide bonds. The molecule has 0 aliphatic carbocycles. The molecule has 1 aromatic carbocycles. The van der Waals surface area contributed by atoms with Crippen molar-refractivity contribution in [1.82, 2.24) is 4.90 Å². The number of hydrogen-bond acceptors (Lipinski definition) is 5. The second kappa shape index (κ2) is 7.10. The average molecular weight is 321 g/mol. The van der Waals surface area contributed by atoms with E-state index in [1.807, 2.05) is 0 Å². The molecule has 1 aliphatic rings. The number of ketones is 1. The number of Topliss-reactive ketones (excluding diaryl/α,β-unsaturated/α-hetero) is 1. The molecule has 2 N–H and O–H groups in total.